The fraction of sp³-hybridized carbons (Fsp3) is 0.333. The second-order valence-electron chi connectivity index (χ2n) is 8.47. The number of rotatable bonds is 8. The summed E-state index contributed by atoms with van der Waals surface area (Å²) in [5.41, 5.74) is 2.49. The maximum absolute atomic E-state index is 12.7. The molecule has 0 spiro atoms. The Labute approximate surface area is 203 Å². The highest BCUT2D eigenvalue weighted by Gasteiger charge is 2.27. The van der Waals surface area contributed by atoms with Crippen molar-refractivity contribution in [1.29, 1.82) is 0 Å². The van der Waals surface area contributed by atoms with E-state index < -0.39 is 23.1 Å². The molecule has 0 unspecified atom stereocenters. The van der Waals surface area contributed by atoms with Gasteiger partial charge in [0.15, 0.2) is 17.3 Å². The van der Waals surface area contributed by atoms with Gasteiger partial charge in [0.25, 0.3) is 0 Å². The first-order valence-corrected chi connectivity index (χ1v) is 11.4. The van der Waals surface area contributed by atoms with Crippen LogP contribution in [0.3, 0.4) is 0 Å². The normalized spacial score (nSPS) is 14.1. The lowest BCUT2D eigenvalue weighted by Crippen LogP contribution is -2.30. The van der Waals surface area contributed by atoms with Gasteiger partial charge < -0.3 is 23.7 Å². The average molecular weight is 480 g/mol. The summed E-state index contributed by atoms with van der Waals surface area (Å²) in [4.78, 5) is 27.0. The Morgan fingerprint density at radius 1 is 1.06 bits per heavy atom. The highest BCUT2D eigenvalue weighted by atomic mass is 16.5. The monoisotopic (exact) mass is 479 g/mol. The van der Waals surface area contributed by atoms with Gasteiger partial charge in [-0.2, -0.15) is 0 Å². The minimum Gasteiger partial charge on any atom is -0.502 e. The standard InChI is InChI=1S/C27H29NO7/c1-32-23-11-18-9-10-28(15-19(18)12-24(23)33-2)16-20-13-22(29)26(31)27(35-20)21(14-25(30)34-3)17-7-5-4-6-8-17/h4-8,11-13,21,31H,9-10,14-16H2,1-3H3/t21-/m1/s1. The van der Waals surface area contributed by atoms with Gasteiger partial charge in [0.1, 0.15) is 5.76 Å². The Morgan fingerprint density at radius 3 is 2.40 bits per heavy atom. The summed E-state index contributed by atoms with van der Waals surface area (Å²) in [6.45, 7) is 1.77. The molecule has 1 atom stereocenters. The van der Waals surface area contributed by atoms with E-state index in [-0.39, 0.29) is 12.2 Å². The summed E-state index contributed by atoms with van der Waals surface area (Å²) in [5, 5.41) is 10.6. The lowest BCUT2D eigenvalue weighted by molar-refractivity contribution is -0.140. The molecule has 0 aliphatic carbocycles. The third-order valence-corrected chi connectivity index (χ3v) is 6.29. The number of methoxy groups -OCH3 is 3. The first kappa shape index (κ1) is 24.3. The van der Waals surface area contributed by atoms with Crippen molar-refractivity contribution in [2.24, 2.45) is 0 Å². The zero-order chi connectivity index (χ0) is 24.9. The van der Waals surface area contributed by atoms with Crippen LogP contribution < -0.4 is 14.9 Å². The van der Waals surface area contributed by atoms with Crippen LogP contribution in [-0.4, -0.2) is 43.8 Å². The fourth-order valence-corrected chi connectivity index (χ4v) is 4.46. The van der Waals surface area contributed by atoms with Gasteiger partial charge in [-0.1, -0.05) is 30.3 Å². The smallest absolute Gasteiger partial charge is 0.306 e. The van der Waals surface area contributed by atoms with Crippen LogP contribution in [0.15, 0.2) is 57.7 Å². The van der Waals surface area contributed by atoms with Crippen LogP contribution in [-0.2, 0) is 29.0 Å². The van der Waals surface area contributed by atoms with Crippen LogP contribution in [0.25, 0.3) is 0 Å². The van der Waals surface area contributed by atoms with E-state index in [2.05, 4.69) is 4.90 Å². The predicted octanol–water partition coefficient (Wildman–Crippen LogP) is 3.62. The molecule has 0 amide bonds. The van der Waals surface area contributed by atoms with Crippen molar-refractivity contribution in [3.05, 3.63) is 87.0 Å². The molecule has 2 aromatic carbocycles. The summed E-state index contributed by atoms with van der Waals surface area (Å²) in [6.07, 6.45) is 0.735. The Kier molecular flexibility index (Phi) is 7.41. The number of ether oxygens (including phenoxy) is 3. The first-order valence-electron chi connectivity index (χ1n) is 11.4. The van der Waals surface area contributed by atoms with Crippen LogP contribution in [0, 0.1) is 0 Å². The first-order chi connectivity index (χ1) is 16.9. The van der Waals surface area contributed by atoms with E-state index >= 15 is 0 Å². The Balaban J connectivity index is 1.63. The lowest BCUT2D eigenvalue weighted by Gasteiger charge is -2.29. The van der Waals surface area contributed by atoms with Crippen molar-refractivity contribution in [3.63, 3.8) is 0 Å². The Hall–Kier alpha value is -3.78. The van der Waals surface area contributed by atoms with E-state index in [1.807, 2.05) is 42.5 Å². The van der Waals surface area contributed by atoms with Crippen LogP contribution in [0.1, 0.15) is 40.5 Å². The highest BCUT2D eigenvalue weighted by molar-refractivity contribution is 5.71. The van der Waals surface area contributed by atoms with Crippen LogP contribution in [0.4, 0.5) is 0 Å². The number of carbonyl (C=O) groups excluding carboxylic acids is 1. The molecule has 4 rings (SSSR count). The van der Waals surface area contributed by atoms with E-state index in [1.165, 1.54) is 18.7 Å². The van der Waals surface area contributed by atoms with Crippen LogP contribution in [0.2, 0.25) is 0 Å². The molecule has 0 fully saturated rings. The fourth-order valence-electron chi connectivity index (χ4n) is 4.46. The summed E-state index contributed by atoms with van der Waals surface area (Å²) in [7, 11) is 4.53. The number of esters is 1. The van der Waals surface area contributed by atoms with Gasteiger partial charge in [0.05, 0.1) is 40.2 Å². The molecule has 1 N–H and O–H groups in total. The molecule has 8 heteroatoms. The van der Waals surface area contributed by atoms with Crippen molar-refractivity contribution in [1.82, 2.24) is 4.90 Å². The largest absolute Gasteiger partial charge is 0.502 e. The summed E-state index contributed by atoms with van der Waals surface area (Å²) < 4.78 is 21.8. The van der Waals surface area contributed by atoms with Gasteiger partial charge in [-0.05, 0) is 35.2 Å². The molecule has 0 bridgehead atoms. The van der Waals surface area contributed by atoms with Crippen LogP contribution >= 0.6 is 0 Å². The minimum absolute atomic E-state index is 0.0629. The number of nitrogens with zero attached hydrogens (tertiary/aromatic N) is 1. The molecule has 3 aromatic rings. The molecular formula is C27H29NO7. The van der Waals surface area contributed by atoms with Crippen molar-refractivity contribution in [2.75, 3.05) is 27.9 Å². The molecule has 0 radical (unpaired) electrons. The van der Waals surface area contributed by atoms with E-state index in [0.717, 1.165) is 24.1 Å². The van der Waals surface area contributed by atoms with E-state index in [9.17, 15) is 14.7 Å². The Morgan fingerprint density at radius 2 is 1.74 bits per heavy atom. The van der Waals surface area contributed by atoms with Gasteiger partial charge in [0.2, 0.25) is 11.2 Å². The molecular weight excluding hydrogens is 450 g/mol. The molecule has 2 heterocycles. The summed E-state index contributed by atoms with van der Waals surface area (Å²) in [6, 6.07) is 14.4. The van der Waals surface area contributed by atoms with Gasteiger partial charge in [0, 0.05) is 19.2 Å². The molecule has 184 valence electrons. The van der Waals surface area contributed by atoms with Crippen molar-refractivity contribution in [3.8, 4) is 17.2 Å². The maximum Gasteiger partial charge on any atom is 0.306 e. The van der Waals surface area contributed by atoms with E-state index in [4.69, 9.17) is 18.6 Å². The minimum atomic E-state index is -0.657. The third-order valence-electron chi connectivity index (χ3n) is 6.29. The van der Waals surface area contributed by atoms with Crippen molar-refractivity contribution < 1.29 is 28.5 Å². The van der Waals surface area contributed by atoms with Crippen molar-refractivity contribution >= 4 is 5.97 Å². The van der Waals surface area contributed by atoms with Gasteiger partial charge in [-0.3, -0.25) is 14.5 Å². The maximum atomic E-state index is 12.7. The second kappa shape index (κ2) is 10.7. The van der Waals surface area contributed by atoms with Gasteiger partial charge in [-0.25, -0.2) is 0 Å². The van der Waals surface area contributed by atoms with Gasteiger partial charge in [-0.15, -0.1) is 0 Å². The number of aromatic hydroxyl groups is 1. The number of benzene rings is 2. The number of hydrogen-bond donors (Lipinski definition) is 1. The zero-order valence-electron chi connectivity index (χ0n) is 20.1. The van der Waals surface area contributed by atoms with E-state index in [1.54, 1.807) is 14.2 Å². The Bertz CT molecular complexity index is 1250. The predicted molar refractivity (Wildman–Crippen MR) is 129 cm³/mol. The molecule has 8 nitrogen and oxygen atoms in total. The molecule has 1 aromatic heterocycles. The quantitative estimate of drug-likeness (QED) is 0.489. The molecule has 35 heavy (non-hydrogen) atoms. The van der Waals surface area contributed by atoms with E-state index in [0.29, 0.717) is 30.3 Å². The van der Waals surface area contributed by atoms with Crippen molar-refractivity contribution in [2.45, 2.75) is 31.8 Å². The SMILES string of the molecule is COC(=O)C[C@H](c1ccccc1)c1oc(CN2CCc3cc(OC)c(OC)cc3C2)cc(=O)c1O. The molecule has 1 aliphatic heterocycles. The van der Waals surface area contributed by atoms with Crippen LogP contribution in [0.5, 0.6) is 17.2 Å². The average Bonchev–Trinajstić information content (AvgIpc) is 2.88. The molecule has 1 aliphatic rings. The molecule has 0 saturated heterocycles. The summed E-state index contributed by atoms with van der Waals surface area (Å²) >= 11 is 0. The highest BCUT2D eigenvalue weighted by Crippen LogP contribution is 2.35. The number of carbonyl (C=O) groups is 1. The summed E-state index contributed by atoms with van der Waals surface area (Å²) in [5.74, 6) is 0.225. The lowest BCUT2D eigenvalue weighted by atomic mass is 9.92. The third kappa shape index (κ3) is 5.33. The number of fused-ring (bicyclic) bond motifs is 1. The second-order valence-corrected chi connectivity index (χ2v) is 8.47. The zero-order valence-corrected chi connectivity index (χ0v) is 20.1. The van der Waals surface area contributed by atoms with Gasteiger partial charge >= 0.3 is 5.97 Å². The topological polar surface area (TPSA) is 98.4 Å². The molecule has 0 saturated carbocycles. The number of hydrogen-bond acceptors (Lipinski definition) is 8.